The lowest BCUT2D eigenvalue weighted by molar-refractivity contribution is -0.137. The van der Waals surface area contributed by atoms with Gasteiger partial charge in [-0.1, -0.05) is 17.2 Å². The summed E-state index contributed by atoms with van der Waals surface area (Å²) in [6.45, 7) is 2.13. The van der Waals surface area contributed by atoms with Crippen molar-refractivity contribution in [3.05, 3.63) is 39.8 Å². The third-order valence-corrected chi connectivity index (χ3v) is 3.32. The van der Waals surface area contributed by atoms with Gasteiger partial charge in [-0.2, -0.15) is 0 Å². The molecule has 1 aromatic rings. The first-order valence-electron chi connectivity index (χ1n) is 6.20. The number of benzene rings is 1. The van der Waals surface area contributed by atoms with E-state index in [9.17, 15) is 9.59 Å². The molecule has 1 heterocycles. The fourth-order valence-corrected chi connectivity index (χ4v) is 2.41. The summed E-state index contributed by atoms with van der Waals surface area (Å²) in [5.41, 5.74) is 11.0. The van der Waals surface area contributed by atoms with E-state index in [0.29, 0.717) is 12.1 Å². The third-order valence-electron chi connectivity index (χ3n) is 3.32. The topological polar surface area (TPSA) is 106 Å². The molecule has 0 saturated heterocycles. The zero-order chi connectivity index (χ0) is 14.7. The van der Waals surface area contributed by atoms with Crippen LogP contribution in [0.3, 0.4) is 0 Å². The van der Waals surface area contributed by atoms with Crippen LogP contribution in [0.25, 0.3) is 10.4 Å². The van der Waals surface area contributed by atoms with E-state index in [1.54, 1.807) is 17.0 Å². The molecule has 104 valence electrons. The van der Waals surface area contributed by atoms with E-state index in [2.05, 4.69) is 10.0 Å². The number of hydrogen-bond donors (Lipinski definition) is 1. The predicted molar refractivity (Wildman–Crippen MR) is 72.3 cm³/mol. The van der Waals surface area contributed by atoms with Crippen LogP contribution in [0.4, 0.5) is 5.69 Å². The maximum absolute atomic E-state index is 11.5. The van der Waals surface area contributed by atoms with E-state index in [1.165, 1.54) is 6.92 Å². The number of anilines is 1. The van der Waals surface area contributed by atoms with Crippen LogP contribution in [0.15, 0.2) is 23.3 Å². The van der Waals surface area contributed by atoms with Crippen molar-refractivity contribution in [3.8, 4) is 0 Å². The number of azide groups is 1. The normalized spacial score (nSPS) is 14.3. The maximum Gasteiger partial charge on any atom is 0.304 e. The van der Waals surface area contributed by atoms with Crippen molar-refractivity contribution in [1.29, 1.82) is 0 Å². The van der Waals surface area contributed by atoms with Gasteiger partial charge in [0.2, 0.25) is 5.91 Å². The van der Waals surface area contributed by atoms with Gasteiger partial charge < -0.3 is 10.0 Å². The Bertz CT molecular complexity index is 608. The number of carboxylic acid groups (broad SMARTS) is 1. The fourth-order valence-electron chi connectivity index (χ4n) is 2.41. The molecular formula is C13H14N4O3. The molecule has 1 aliphatic rings. The second kappa shape index (κ2) is 5.63. The highest BCUT2D eigenvalue weighted by molar-refractivity contribution is 5.93. The second-order valence-corrected chi connectivity index (χ2v) is 4.63. The molecule has 0 bridgehead atoms. The van der Waals surface area contributed by atoms with Crippen LogP contribution in [-0.4, -0.2) is 23.5 Å². The first kappa shape index (κ1) is 13.9. The van der Waals surface area contributed by atoms with E-state index in [1.807, 2.05) is 6.07 Å². The first-order chi connectivity index (χ1) is 9.52. The molecule has 20 heavy (non-hydrogen) atoms. The third kappa shape index (κ3) is 2.73. The molecule has 1 aliphatic heterocycles. The number of hydrogen-bond acceptors (Lipinski definition) is 3. The SMILES string of the molecule is CC(=O)N1CCc2cc(C(CC(=O)O)N=[N+]=[N-])ccc21. The van der Waals surface area contributed by atoms with Crippen molar-refractivity contribution >= 4 is 17.6 Å². The highest BCUT2D eigenvalue weighted by atomic mass is 16.4. The van der Waals surface area contributed by atoms with Crippen molar-refractivity contribution in [2.45, 2.75) is 25.8 Å². The molecule has 0 saturated carbocycles. The molecule has 0 spiro atoms. The van der Waals surface area contributed by atoms with Crippen molar-refractivity contribution in [2.75, 3.05) is 11.4 Å². The highest BCUT2D eigenvalue weighted by Crippen LogP contribution is 2.32. The molecular weight excluding hydrogens is 260 g/mol. The van der Waals surface area contributed by atoms with Crippen molar-refractivity contribution in [2.24, 2.45) is 5.11 Å². The molecule has 1 unspecified atom stereocenters. The summed E-state index contributed by atoms with van der Waals surface area (Å²) >= 11 is 0. The average molecular weight is 274 g/mol. The summed E-state index contributed by atoms with van der Waals surface area (Å²) in [4.78, 5) is 26.6. The lowest BCUT2D eigenvalue weighted by Gasteiger charge is -2.16. The van der Waals surface area contributed by atoms with Gasteiger partial charge in [-0.3, -0.25) is 9.59 Å². The fraction of sp³-hybridized carbons (Fsp3) is 0.385. The van der Waals surface area contributed by atoms with Crippen molar-refractivity contribution < 1.29 is 14.7 Å². The smallest absolute Gasteiger partial charge is 0.304 e. The van der Waals surface area contributed by atoms with Crippen LogP contribution in [0.2, 0.25) is 0 Å². The van der Waals surface area contributed by atoms with Gasteiger partial charge >= 0.3 is 5.97 Å². The minimum absolute atomic E-state index is 0.0198. The van der Waals surface area contributed by atoms with Gasteiger partial charge in [-0.25, -0.2) is 0 Å². The summed E-state index contributed by atoms with van der Waals surface area (Å²) < 4.78 is 0. The predicted octanol–water partition coefficient (Wildman–Crippen LogP) is 2.42. The number of carbonyl (C=O) groups excluding carboxylic acids is 1. The number of fused-ring (bicyclic) bond motifs is 1. The molecule has 0 aromatic heterocycles. The average Bonchev–Trinajstić information content (AvgIpc) is 2.80. The van der Waals surface area contributed by atoms with E-state index >= 15 is 0 Å². The van der Waals surface area contributed by atoms with Gasteiger partial charge in [0.15, 0.2) is 0 Å². The highest BCUT2D eigenvalue weighted by Gasteiger charge is 2.23. The lowest BCUT2D eigenvalue weighted by Crippen LogP contribution is -2.25. The Balaban J connectivity index is 2.33. The van der Waals surface area contributed by atoms with E-state index in [0.717, 1.165) is 17.7 Å². The van der Waals surface area contributed by atoms with Gasteiger partial charge in [0.25, 0.3) is 0 Å². The molecule has 0 radical (unpaired) electrons. The van der Waals surface area contributed by atoms with Crippen LogP contribution >= 0.6 is 0 Å². The summed E-state index contributed by atoms with van der Waals surface area (Å²) in [6.07, 6.45) is 0.470. The Morgan fingerprint density at radius 3 is 2.90 bits per heavy atom. The van der Waals surface area contributed by atoms with Crippen LogP contribution in [-0.2, 0) is 16.0 Å². The summed E-state index contributed by atoms with van der Waals surface area (Å²) in [5, 5.41) is 12.4. The van der Waals surface area contributed by atoms with Crippen LogP contribution in [0, 0.1) is 0 Å². The Kier molecular flexibility index (Phi) is 3.91. The Morgan fingerprint density at radius 2 is 2.30 bits per heavy atom. The number of carboxylic acids is 1. The zero-order valence-electron chi connectivity index (χ0n) is 11.0. The van der Waals surface area contributed by atoms with Gasteiger partial charge in [-0.05, 0) is 29.1 Å². The monoisotopic (exact) mass is 274 g/mol. The molecule has 1 aromatic carbocycles. The number of carbonyl (C=O) groups is 2. The molecule has 1 N–H and O–H groups in total. The van der Waals surface area contributed by atoms with E-state index in [-0.39, 0.29) is 12.3 Å². The quantitative estimate of drug-likeness (QED) is 0.517. The molecule has 2 rings (SSSR count). The van der Waals surface area contributed by atoms with E-state index in [4.69, 9.17) is 10.6 Å². The minimum Gasteiger partial charge on any atom is -0.481 e. The largest absolute Gasteiger partial charge is 0.481 e. The molecule has 7 nitrogen and oxygen atoms in total. The molecule has 1 amide bonds. The van der Waals surface area contributed by atoms with Gasteiger partial charge in [0, 0.05) is 24.1 Å². The Labute approximate surface area is 115 Å². The standard InChI is InChI=1S/C13H14N4O3/c1-8(18)17-5-4-10-6-9(2-3-12(10)17)11(15-16-14)7-13(19)20/h2-3,6,11H,4-5,7H2,1H3,(H,19,20). The maximum atomic E-state index is 11.5. The minimum atomic E-state index is -1.02. The summed E-state index contributed by atoms with van der Waals surface area (Å²) in [6, 6.07) is 4.58. The van der Waals surface area contributed by atoms with Crippen LogP contribution < -0.4 is 4.90 Å². The zero-order valence-corrected chi connectivity index (χ0v) is 11.0. The van der Waals surface area contributed by atoms with Gasteiger partial charge in [-0.15, -0.1) is 0 Å². The number of amides is 1. The van der Waals surface area contributed by atoms with Crippen LogP contribution in [0.1, 0.15) is 30.5 Å². The molecule has 7 heteroatoms. The van der Waals surface area contributed by atoms with Crippen LogP contribution in [0.5, 0.6) is 0 Å². The first-order valence-corrected chi connectivity index (χ1v) is 6.20. The molecule has 1 atom stereocenters. The van der Waals surface area contributed by atoms with Crippen molar-refractivity contribution in [1.82, 2.24) is 0 Å². The summed E-state index contributed by atoms with van der Waals surface area (Å²) in [7, 11) is 0. The Morgan fingerprint density at radius 1 is 1.55 bits per heavy atom. The number of rotatable bonds is 4. The van der Waals surface area contributed by atoms with Gasteiger partial charge in [0.1, 0.15) is 0 Å². The number of nitrogens with zero attached hydrogens (tertiary/aromatic N) is 4. The molecule has 0 fully saturated rings. The molecule has 0 aliphatic carbocycles. The van der Waals surface area contributed by atoms with Gasteiger partial charge in [0.05, 0.1) is 12.5 Å². The Hall–Kier alpha value is -2.53. The summed E-state index contributed by atoms with van der Waals surface area (Å²) in [5.74, 6) is -1.04. The van der Waals surface area contributed by atoms with Crippen molar-refractivity contribution in [3.63, 3.8) is 0 Å². The lowest BCUT2D eigenvalue weighted by atomic mass is 10.0. The second-order valence-electron chi connectivity index (χ2n) is 4.63. The number of aliphatic carboxylic acids is 1. The van der Waals surface area contributed by atoms with E-state index < -0.39 is 12.0 Å².